The van der Waals surface area contributed by atoms with Crippen LogP contribution in [0.3, 0.4) is 0 Å². The van der Waals surface area contributed by atoms with Crippen LogP contribution in [0.15, 0.2) is 18.2 Å². The normalized spacial score (nSPS) is 24.1. The molecule has 2 fully saturated rings. The summed E-state index contributed by atoms with van der Waals surface area (Å²) >= 11 is 0. The first-order valence-corrected chi connectivity index (χ1v) is 10.3. The second-order valence-electron chi connectivity index (χ2n) is 8.02. The standard InChI is InChI=1S/C21H30N2O4/c24-13-9-17-6-2-5-12-23(17)15-20(25)22-16-7-8-18-19(14-16)27-21(26-18)10-3-1-4-11-21/h7-8,14,17,24H,1-6,9-13,15H2,(H,22,25). The summed E-state index contributed by atoms with van der Waals surface area (Å²) < 4.78 is 12.2. The van der Waals surface area contributed by atoms with Crippen LogP contribution in [0.2, 0.25) is 0 Å². The largest absolute Gasteiger partial charge is 0.448 e. The van der Waals surface area contributed by atoms with Crippen molar-refractivity contribution in [2.24, 2.45) is 0 Å². The van der Waals surface area contributed by atoms with Gasteiger partial charge in [0.15, 0.2) is 11.5 Å². The molecule has 0 aromatic heterocycles. The van der Waals surface area contributed by atoms with Crippen molar-refractivity contribution in [3.8, 4) is 11.5 Å². The molecule has 2 heterocycles. The van der Waals surface area contributed by atoms with Crippen molar-refractivity contribution in [1.29, 1.82) is 0 Å². The van der Waals surface area contributed by atoms with E-state index < -0.39 is 5.79 Å². The molecule has 1 amide bonds. The number of amides is 1. The number of hydrogen-bond acceptors (Lipinski definition) is 5. The van der Waals surface area contributed by atoms with Crippen LogP contribution in [-0.4, -0.2) is 47.4 Å². The van der Waals surface area contributed by atoms with E-state index in [0.29, 0.717) is 12.6 Å². The van der Waals surface area contributed by atoms with Crippen molar-refractivity contribution in [3.05, 3.63) is 18.2 Å². The van der Waals surface area contributed by atoms with Crippen LogP contribution in [0.1, 0.15) is 57.8 Å². The number of fused-ring (bicyclic) bond motifs is 1. The van der Waals surface area contributed by atoms with Crippen molar-refractivity contribution < 1.29 is 19.4 Å². The summed E-state index contributed by atoms with van der Waals surface area (Å²) in [5.74, 6) is 0.986. The monoisotopic (exact) mass is 374 g/mol. The molecule has 1 aromatic carbocycles. The lowest BCUT2D eigenvalue weighted by molar-refractivity contribution is -0.118. The number of rotatable bonds is 5. The average Bonchev–Trinajstić information content (AvgIpc) is 3.00. The maximum absolute atomic E-state index is 12.5. The molecule has 1 aromatic rings. The number of aliphatic hydroxyl groups excluding tert-OH is 1. The molecule has 1 unspecified atom stereocenters. The van der Waals surface area contributed by atoms with E-state index in [1.54, 1.807) is 0 Å². The Morgan fingerprint density at radius 2 is 1.96 bits per heavy atom. The van der Waals surface area contributed by atoms with Gasteiger partial charge in [0.2, 0.25) is 5.91 Å². The number of likely N-dealkylation sites (tertiary alicyclic amines) is 1. The number of benzene rings is 1. The van der Waals surface area contributed by atoms with Gasteiger partial charge in [0.1, 0.15) is 0 Å². The zero-order chi connectivity index (χ0) is 18.7. The Labute approximate surface area is 160 Å². The van der Waals surface area contributed by atoms with Crippen LogP contribution >= 0.6 is 0 Å². The molecule has 27 heavy (non-hydrogen) atoms. The number of aliphatic hydroxyl groups is 1. The minimum absolute atomic E-state index is 0.0221. The van der Waals surface area contributed by atoms with Crippen LogP contribution in [0, 0.1) is 0 Å². The Morgan fingerprint density at radius 3 is 2.78 bits per heavy atom. The first-order valence-electron chi connectivity index (χ1n) is 10.3. The highest BCUT2D eigenvalue weighted by atomic mass is 16.7. The van der Waals surface area contributed by atoms with Gasteiger partial charge in [-0.05, 0) is 50.8 Å². The Bertz CT molecular complexity index is 670. The number of nitrogens with one attached hydrogen (secondary N) is 1. The fourth-order valence-electron chi connectivity index (χ4n) is 4.60. The topological polar surface area (TPSA) is 71.0 Å². The number of piperidine rings is 1. The third kappa shape index (κ3) is 4.22. The van der Waals surface area contributed by atoms with Crippen LogP contribution in [-0.2, 0) is 4.79 Å². The summed E-state index contributed by atoms with van der Waals surface area (Å²) in [7, 11) is 0. The number of hydrogen-bond donors (Lipinski definition) is 2. The molecule has 1 saturated carbocycles. The molecule has 1 spiro atoms. The Balaban J connectivity index is 1.36. The molecule has 6 nitrogen and oxygen atoms in total. The average molecular weight is 374 g/mol. The second-order valence-corrected chi connectivity index (χ2v) is 8.02. The van der Waals surface area contributed by atoms with Gasteiger partial charge in [-0.1, -0.05) is 12.8 Å². The number of ether oxygens (including phenoxy) is 2. The first-order chi connectivity index (χ1) is 13.2. The SMILES string of the molecule is O=C(CN1CCCCC1CCO)Nc1ccc2c(c1)OC1(CCCCC1)O2. The van der Waals surface area contributed by atoms with E-state index in [9.17, 15) is 9.90 Å². The van der Waals surface area contributed by atoms with Crippen LogP contribution in [0.4, 0.5) is 5.69 Å². The first kappa shape index (κ1) is 18.6. The lowest BCUT2D eigenvalue weighted by Crippen LogP contribution is -2.44. The molecule has 2 N–H and O–H groups in total. The van der Waals surface area contributed by atoms with Crippen LogP contribution in [0.5, 0.6) is 11.5 Å². The molecule has 0 bridgehead atoms. The minimum atomic E-state index is -0.492. The highest BCUT2D eigenvalue weighted by Gasteiger charge is 2.42. The van der Waals surface area contributed by atoms with E-state index in [2.05, 4.69) is 10.2 Å². The summed E-state index contributed by atoms with van der Waals surface area (Å²) in [5, 5.41) is 12.2. The summed E-state index contributed by atoms with van der Waals surface area (Å²) in [6.07, 6.45) is 9.41. The molecule has 3 aliphatic rings. The van der Waals surface area contributed by atoms with Gasteiger partial charge >= 0.3 is 0 Å². The molecule has 1 aliphatic carbocycles. The molecular weight excluding hydrogens is 344 g/mol. The smallest absolute Gasteiger partial charge is 0.251 e. The Kier molecular flexibility index (Phi) is 5.55. The van der Waals surface area contributed by atoms with Gasteiger partial charge in [0, 0.05) is 37.2 Å². The molecule has 6 heteroatoms. The number of carbonyl (C=O) groups is 1. The minimum Gasteiger partial charge on any atom is -0.448 e. The van der Waals surface area contributed by atoms with E-state index in [1.807, 2.05) is 18.2 Å². The second kappa shape index (κ2) is 8.07. The van der Waals surface area contributed by atoms with Crippen molar-refractivity contribution in [2.45, 2.75) is 69.6 Å². The van der Waals surface area contributed by atoms with Gasteiger partial charge in [0.25, 0.3) is 5.79 Å². The molecular formula is C21H30N2O4. The number of carbonyl (C=O) groups excluding carboxylic acids is 1. The van der Waals surface area contributed by atoms with Gasteiger partial charge in [-0.2, -0.15) is 0 Å². The summed E-state index contributed by atoms with van der Waals surface area (Å²) in [5.41, 5.74) is 0.742. The third-order valence-electron chi connectivity index (χ3n) is 5.99. The lowest BCUT2D eigenvalue weighted by Gasteiger charge is -2.34. The zero-order valence-electron chi connectivity index (χ0n) is 15.9. The summed E-state index contributed by atoms with van der Waals surface area (Å²) in [6.45, 7) is 1.46. The van der Waals surface area contributed by atoms with Gasteiger partial charge < -0.3 is 19.9 Å². The summed E-state index contributed by atoms with van der Waals surface area (Å²) in [6, 6.07) is 5.95. The molecule has 0 radical (unpaired) electrons. The van der Waals surface area contributed by atoms with Crippen molar-refractivity contribution in [1.82, 2.24) is 4.90 Å². The number of anilines is 1. The highest BCUT2D eigenvalue weighted by Crippen LogP contribution is 2.46. The Hall–Kier alpha value is -1.79. The fraction of sp³-hybridized carbons (Fsp3) is 0.667. The maximum atomic E-state index is 12.5. The van der Waals surface area contributed by atoms with Gasteiger partial charge in [-0.3, -0.25) is 9.69 Å². The van der Waals surface area contributed by atoms with Crippen molar-refractivity contribution in [3.63, 3.8) is 0 Å². The molecule has 148 valence electrons. The van der Waals surface area contributed by atoms with E-state index in [0.717, 1.165) is 68.7 Å². The highest BCUT2D eigenvalue weighted by molar-refractivity contribution is 5.92. The van der Waals surface area contributed by atoms with Gasteiger partial charge in [-0.25, -0.2) is 0 Å². The van der Waals surface area contributed by atoms with Crippen molar-refractivity contribution >= 4 is 11.6 Å². The van der Waals surface area contributed by atoms with E-state index in [-0.39, 0.29) is 12.5 Å². The van der Waals surface area contributed by atoms with Crippen molar-refractivity contribution in [2.75, 3.05) is 25.0 Å². The van der Waals surface area contributed by atoms with E-state index in [1.165, 1.54) is 12.8 Å². The van der Waals surface area contributed by atoms with E-state index in [4.69, 9.17) is 9.47 Å². The van der Waals surface area contributed by atoms with Crippen LogP contribution in [0.25, 0.3) is 0 Å². The Morgan fingerprint density at radius 1 is 1.15 bits per heavy atom. The molecule has 1 saturated heterocycles. The fourth-order valence-corrected chi connectivity index (χ4v) is 4.60. The summed E-state index contributed by atoms with van der Waals surface area (Å²) in [4.78, 5) is 14.7. The lowest BCUT2D eigenvalue weighted by atomic mass is 9.94. The quantitative estimate of drug-likeness (QED) is 0.828. The molecule has 2 aliphatic heterocycles. The van der Waals surface area contributed by atoms with Crippen LogP contribution < -0.4 is 14.8 Å². The van der Waals surface area contributed by atoms with Gasteiger partial charge in [0.05, 0.1) is 6.54 Å². The zero-order valence-corrected chi connectivity index (χ0v) is 15.9. The van der Waals surface area contributed by atoms with E-state index >= 15 is 0 Å². The predicted octanol–water partition coefficient (Wildman–Crippen LogP) is 3.29. The third-order valence-corrected chi connectivity index (χ3v) is 5.99. The molecule has 4 rings (SSSR count). The predicted molar refractivity (Wildman–Crippen MR) is 103 cm³/mol. The maximum Gasteiger partial charge on any atom is 0.251 e. The molecule has 1 atom stereocenters. The van der Waals surface area contributed by atoms with Gasteiger partial charge in [-0.15, -0.1) is 0 Å². The number of nitrogens with zero attached hydrogens (tertiary/aromatic N) is 1.